The molecule has 1 aromatic rings. The molecule has 1 unspecified atom stereocenters. The summed E-state index contributed by atoms with van der Waals surface area (Å²) in [5, 5.41) is 0.407. The highest BCUT2D eigenvalue weighted by molar-refractivity contribution is 8.89. The van der Waals surface area contributed by atoms with Crippen LogP contribution in [0.5, 0.6) is 0 Å². The van der Waals surface area contributed by atoms with Crippen LogP contribution in [0.15, 0.2) is 6.07 Å². The zero-order valence-electron chi connectivity index (χ0n) is 14.1. The van der Waals surface area contributed by atoms with Gasteiger partial charge in [0.2, 0.25) is 5.95 Å². The Kier molecular flexibility index (Phi) is 9.94. The summed E-state index contributed by atoms with van der Waals surface area (Å²) in [5.41, 5.74) is 0.772. The van der Waals surface area contributed by atoms with Gasteiger partial charge in [-0.1, -0.05) is 41.3 Å². The van der Waals surface area contributed by atoms with Gasteiger partial charge in [0, 0.05) is 24.6 Å². The van der Waals surface area contributed by atoms with E-state index < -0.39 is 5.77 Å². The highest BCUT2D eigenvalue weighted by Gasteiger charge is 2.24. The van der Waals surface area contributed by atoms with E-state index >= 15 is 0 Å². The predicted octanol–water partition coefficient (Wildman–Crippen LogP) is 5.50. The van der Waals surface area contributed by atoms with Gasteiger partial charge in [-0.25, -0.2) is 9.97 Å². The van der Waals surface area contributed by atoms with E-state index in [-0.39, 0.29) is 0 Å². The van der Waals surface area contributed by atoms with Crippen molar-refractivity contribution in [3.05, 3.63) is 16.9 Å². The molecule has 1 atom stereocenters. The van der Waals surface area contributed by atoms with Gasteiger partial charge in [0.15, 0.2) is 0 Å². The van der Waals surface area contributed by atoms with Crippen molar-refractivity contribution in [3.8, 4) is 0 Å². The Hall–Kier alpha value is 0.0600. The van der Waals surface area contributed by atoms with Gasteiger partial charge in [-0.05, 0) is 33.3 Å². The molecule has 23 heavy (non-hydrogen) atoms. The van der Waals surface area contributed by atoms with E-state index in [0.29, 0.717) is 23.5 Å². The minimum Gasteiger partial charge on any atom is -0.341 e. The average Bonchev–Trinajstić information content (AvgIpc) is 2.52. The molecule has 1 aromatic heterocycles. The van der Waals surface area contributed by atoms with E-state index in [4.69, 9.17) is 16.1 Å². The molecule has 132 valence electrons. The Morgan fingerprint density at radius 3 is 2.48 bits per heavy atom. The summed E-state index contributed by atoms with van der Waals surface area (Å²) in [7, 11) is 0. The van der Waals surface area contributed by atoms with Gasteiger partial charge in [0.05, 0.1) is 12.3 Å². The zero-order chi connectivity index (χ0) is 17.3. The minimum atomic E-state index is -2.75. The molecule has 0 fully saturated rings. The lowest BCUT2D eigenvalue weighted by molar-refractivity contribution is 0.357. The summed E-state index contributed by atoms with van der Waals surface area (Å²) in [4.78, 5) is 10.9. The van der Waals surface area contributed by atoms with Gasteiger partial charge in [-0.2, -0.15) is 0 Å². The zero-order valence-corrected chi connectivity index (χ0v) is 17.4. The lowest BCUT2D eigenvalue weighted by atomic mass is 10.4. The van der Waals surface area contributed by atoms with Crippen LogP contribution in [-0.2, 0) is 14.8 Å². The maximum Gasteiger partial charge on any atom is 0.313 e. The molecular formula is C14H25ClN3O2PS2. The molecule has 1 rings (SSSR count). The van der Waals surface area contributed by atoms with E-state index in [1.54, 1.807) is 6.07 Å². The molecule has 0 spiro atoms. The third kappa shape index (κ3) is 7.22. The fourth-order valence-corrected chi connectivity index (χ4v) is 8.59. The molecule has 0 aliphatic rings. The monoisotopic (exact) mass is 397 g/mol. The Bertz CT molecular complexity index is 533. The van der Waals surface area contributed by atoms with Crippen LogP contribution >= 0.6 is 40.1 Å². The smallest absolute Gasteiger partial charge is 0.313 e. The van der Waals surface area contributed by atoms with Gasteiger partial charge < -0.3 is 9.42 Å². The van der Waals surface area contributed by atoms with Crippen LogP contribution in [0.2, 0.25) is 5.15 Å². The molecular weight excluding hydrogens is 373 g/mol. The number of aromatic nitrogens is 2. The molecule has 0 aliphatic heterocycles. The average molecular weight is 398 g/mol. The summed E-state index contributed by atoms with van der Waals surface area (Å²) in [6.45, 7) is 10.1. The van der Waals surface area contributed by atoms with Crippen molar-refractivity contribution in [2.24, 2.45) is 0 Å². The molecule has 0 amide bonds. The Labute approximate surface area is 152 Å². The highest BCUT2D eigenvalue weighted by atomic mass is 35.5. The van der Waals surface area contributed by atoms with Gasteiger partial charge in [0.25, 0.3) is 0 Å². The fraction of sp³-hybridized carbons (Fsp3) is 0.714. The molecule has 0 bridgehead atoms. The van der Waals surface area contributed by atoms with Crippen LogP contribution in [0.4, 0.5) is 5.95 Å². The topological polar surface area (TPSA) is 55.3 Å². The lowest BCUT2D eigenvalue weighted by Crippen LogP contribution is -2.24. The van der Waals surface area contributed by atoms with Crippen LogP contribution in [0.1, 0.15) is 39.8 Å². The molecule has 1 heterocycles. The molecule has 0 aliphatic carbocycles. The van der Waals surface area contributed by atoms with E-state index in [0.717, 1.165) is 31.0 Å². The second-order valence-corrected chi connectivity index (χ2v) is 12.5. The van der Waals surface area contributed by atoms with E-state index in [9.17, 15) is 4.57 Å². The Balaban J connectivity index is 2.84. The van der Waals surface area contributed by atoms with Crippen molar-refractivity contribution in [1.82, 2.24) is 9.97 Å². The lowest BCUT2D eigenvalue weighted by Gasteiger charge is -2.19. The van der Waals surface area contributed by atoms with Crippen molar-refractivity contribution in [1.29, 1.82) is 0 Å². The summed E-state index contributed by atoms with van der Waals surface area (Å²) in [5.74, 6) is -0.827. The maximum atomic E-state index is 12.8. The van der Waals surface area contributed by atoms with Gasteiger partial charge in [0.1, 0.15) is 5.15 Å². The third-order valence-electron chi connectivity index (χ3n) is 2.89. The first-order chi connectivity index (χ1) is 11.0. The molecule has 9 heteroatoms. The van der Waals surface area contributed by atoms with Crippen molar-refractivity contribution in [2.75, 3.05) is 30.3 Å². The van der Waals surface area contributed by atoms with Crippen LogP contribution in [0, 0.1) is 0 Å². The third-order valence-corrected chi connectivity index (χ3v) is 10.7. The minimum absolute atomic E-state index is 0.407. The predicted molar refractivity (Wildman–Crippen MR) is 104 cm³/mol. The Morgan fingerprint density at radius 2 is 1.91 bits per heavy atom. The van der Waals surface area contributed by atoms with Crippen molar-refractivity contribution in [3.63, 3.8) is 0 Å². The number of rotatable bonds is 11. The van der Waals surface area contributed by atoms with Gasteiger partial charge >= 0.3 is 5.77 Å². The van der Waals surface area contributed by atoms with E-state index in [2.05, 4.69) is 16.9 Å². The second kappa shape index (κ2) is 10.8. The number of nitrogens with zero attached hydrogens (tertiary/aromatic N) is 3. The number of hydrogen-bond donors (Lipinski definition) is 0. The highest BCUT2D eigenvalue weighted by Crippen LogP contribution is 2.70. The Morgan fingerprint density at radius 1 is 1.22 bits per heavy atom. The summed E-state index contributed by atoms with van der Waals surface area (Å²) < 4.78 is 18.3. The summed E-state index contributed by atoms with van der Waals surface area (Å²) >= 11 is 8.83. The standard InChI is InChI=1S/C14H25ClN3O2PS2/c1-5-9-22-21(19,20-8-4)23-11-12-10-13(15)17-14(16-12)18(6-2)7-3/h10H,5-9,11H2,1-4H3. The fourth-order valence-electron chi connectivity index (χ4n) is 1.79. The molecule has 0 N–H and O–H groups in total. The molecule has 0 aromatic carbocycles. The van der Waals surface area contributed by atoms with Crippen LogP contribution in [-0.4, -0.2) is 35.4 Å². The van der Waals surface area contributed by atoms with Crippen molar-refractivity contribution < 1.29 is 9.09 Å². The number of hydrogen-bond acceptors (Lipinski definition) is 7. The maximum absolute atomic E-state index is 12.8. The van der Waals surface area contributed by atoms with Crippen LogP contribution in [0.25, 0.3) is 0 Å². The van der Waals surface area contributed by atoms with E-state index in [1.165, 1.54) is 22.8 Å². The molecule has 0 saturated heterocycles. The van der Waals surface area contributed by atoms with E-state index in [1.807, 2.05) is 25.7 Å². The quantitative estimate of drug-likeness (QED) is 0.361. The van der Waals surface area contributed by atoms with Crippen LogP contribution < -0.4 is 4.90 Å². The van der Waals surface area contributed by atoms with Gasteiger partial charge in [-0.3, -0.25) is 4.57 Å². The van der Waals surface area contributed by atoms with Gasteiger partial charge in [-0.15, -0.1) is 0 Å². The molecule has 0 radical (unpaired) electrons. The first-order valence-corrected chi connectivity index (χ1v) is 13.0. The summed E-state index contributed by atoms with van der Waals surface area (Å²) in [6, 6.07) is 1.72. The van der Waals surface area contributed by atoms with Crippen LogP contribution in [0.3, 0.4) is 0 Å². The first-order valence-electron chi connectivity index (χ1n) is 7.80. The second-order valence-electron chi connectivity index (χ2n) is 4.63. The SMILES string of the molecule is CCCSP(=O)(OCC)SCc1cc(Cl)nc(N(CC)CC)n1. The van der Waals surface area contributed by atoms with Crippen molar-refractivity contribution in [2.45, 2.75) is 39.9 Å². The summed E-state index contributed by atoms with van der Waals surface area (Å²) in [6.07, 6.45) is 0.966. The largest absolute Gasteiger partial charge is 0.341 e. The first kappa shape index (κ1) is 21.1. The molecule has 5 nitrogen and oxygen atoms in total. The molecule has 0 saturated carbocycles. The normalized spacial score (nSPS) is 13.8. The number of halogens is 1. The number of anilines is 1. The van der Waals surface area contributed by atoms with Crippen molar-refractivity contribution >= 4 is 46.1 Å².